The highest BCUT2D eigenvalue weighted by Crippen LogP contribution is 2.13. The van der Waals surface area contributed by atoms with Crippen LogP contribution in [0.15, 0.2) is 24.3 Å². The second-order valence-corrected chi connectivity index (χ2v) is 3.62. The summed E-state index contributed by atoms with van der Waals surface area (Å²) in [5.74, 6) is 0. The van der Waals surface area contributed by atoms with Crippen LogP contribution in [0, 0.1) is 6.92 Å². The minimum absolute atomic E-state index is 0.495. The molecule has 0 unspecified atom stereocenters. The fraction of sp³-hybridized carbons (Fsp3) is 0.455. The van der Waals surface area contributed by atoms with E-state index in [0.29, 0.717) is 6.04 Å². The van der Waals surface area contributed by atoms with Crippen LogP contribution < -0.4 is 10.6 Å². The molecule has 0 radical (unpaired) electrons. The van der Waals surface area contributed by atoms with Gasteiger partial charge in [-0.2, -0.15) is 0 Å². The predicted octanol–water partition coefficient (Wildman–Crippen LogP) is 1.23. The standard InChI is InChI=1S/C11H16N2/c1-9-2-4-10(5-3-9)11-8-12-6-7-13-11/h2-5,11-13H,6-8H2,1H3/t11-/m0/s1. The maximum absolute atomic E-state index is 3.49. The molecule has 0 aliphatic carbocycles. The zero-order chi connectivity index (χ0) is 9.10. The third kappa shape index (κ3) is 2.08. The molecule has 2 rings (SSSR count). The van der Waals surface area contributed by atoms with Crippen LogP contribution in [0.2, 0.25) is 0 Å². The first kappa shape index (κ1) is 8.73. The molecule has 0 bridgehead atoms. The van der Waals surface area contributed by atoms with Crippen molar-refractivity contribution in [3.05, 3.63) is 35.4 Å². The first-order valence-corrected chi connectivity index (χ1v) is 4.87. The van der Waals surface area contributed by atoms with Crippen molar-refractivity contribution in [3.8, 4) is 0 Å². The number of hydrogen-bond donors (Lipinski definition) is 2. The van der Waals surface area contributed by atoms with Crippen LogP contribution in [0.5, 0.6) is 0 Å². The predicted molar refractivity (Wildman–Crippen MR) is 54.8 cm³/mol. The highest BCUT2D eigenvalue weighted by atomic mass is 15.1. The first-order valence-electron chi connectivity index (χ1n) is 4.87. The SMILES string of the molecule is Cc1ccc([C@@H]2CNCCN2)cc1. The van der Waals surface area contributed by atoms with Gasteiger partial charge in [0.25, 0.3) is 0 Å². The van der Waals surface area contributed by atoms with E-state index >= 15 is 0 Å². The van der Waals surface area contributed by atoms with Gasteiger partial charge in [0.15, 0.2) is 0 Å². The summed E-state index contributed by atoms with van der Waals surface area (Å²) >= 11 is 0. The zero-order valence-electron chi connectivity index (χ0n) is 8.01. The largest absolute Gasteiger partial charge is 0.314 e. The molecular formula is C11H16N2. The molecule has 0 spiro atoms. The van der Waals surface area contributed by atoms with Crippen LogP contribution in [0.3, 0.4) is 0 Å². The minimum Gasteiger partial charge on any atom is -0.314 e. The maximum Gasteiger partial charge on any atom is 0.0447 e. The van der Waals surface area contributed by atoms with Crippen molar-refractivity contribution in [1.82, 2.24) is 10.6 Å². The normalized spacial score (nSPS) is 23.0. The third-order valence-corrected chi connectivity index (χ3v) is 2.52. The summed E-state index contributed by atoms with van der Waals surface area (Å²) in [5, 5.41) is 6.88. The molecule has 1 aromatic carbocycles. The third-order valence-electron chi connectivity index (χ3n) is 2.52. The number of rotatable bonds is 1. The summed E-state index contributed by atoms with van der Waals surface area (Å²) in [5.41, 5.74) is 2.71. The van der Waals surface area contributed by atoms with E-state index in [4.69, 9.17) is 0 Å². The van der Waals surface area contributed by atoms with E-state index in [1.54, 1.807) is 0 Å². The van der Waals surface area contributed by atoms with Crippen molar-refractivity contribution >= 4 is 0 Å². The van der Waals surface area contributed by atoms with E-state index in [9.17, 15) is 0 Å². The average Bonchev–Trinajstić information content (AvgIpc) is 2.20. The molecule has 2 nitrogen and oxygen atoms in total. The highest BCUT2D eigenvalue weighted by Gasteiger charge is 2.12. The Balaban J connectivity index is 2.10. The van der Waals surface area contributed by atoms with Crippen molar-refractivity contribution < 1.29 is 0 Å². The smallest absolute Gasteiger partial charge is 0.0447 e. The van der Waals surface area contributed by atoms with Gasteiger partial charge in [0.2, 0.25) is 0 Å². The molecule has 0 aromatic heterocycles. The van der Waals surface area contributed by atoms with Gasteiger partial charge in [-0.15, -0.1) is 0 Å². The Kier molecular flexibility index (Phi) is 2.62. The van der Waals surface area contributed by atoms with Gasteiger partial charge in [-0.25, -0.2) is 0 Å². The second kappa shape index (κ2) is 3.90. The Bertz CT molecular complexity index is 260. The average molecular weight is 176 g/mol. The summed E-state index contributed by atoms with van der Waals surface area (Å²) in [6.45, 7) is 5.32. The van der Waals surface area contributed by atoms with Gasteiger partial charge in [-0.05, 0) is 12.5 Å². The number of hydrogen-bond acceptors (Lipinski definition) is 2. The lowest BCUT2D eigenvalue weighted by atomic mass is 10.0. The van der Waals surface area contributed by atoms with Gasteiger partial charge in [0.1, 0.15) is 0 Å². The minimum atomic E-state index is 0.495. The van der Waals surface area contributed by atoms with Gasteiger partial charge in [-0.3, -0.25) is 0 Å². The summed E-state index contributed by atoms with van der Waals surface area (Å²) < 4.78 is 0. The van der Waals surface area contributed by atoms with Gasteiger partial charge < -0.3 is 10.6 Å². The van der Waals surface area contributed by atoms with Crippen molar-refractivity contribution in [2.24, 2.45) is 0 Å². The van der Waals surface area contributed by atoms with Crippen LogP contribution in [0.25, 0.3) is 0 Å². The number of piperazine rings is 1. The molecule has 1 heterocycles. The molecule has 1 atom stereocenters. The fourth-order valence-corrected chi connectivity index (χ4v) is 1.69. The summed E-state index contributed by atoms with van der Waals surface area (Å²) in [7, 11) is 0. The van der Waals surface area contributed by atoms with E-state index in [1.165, 1.54) is 11.1 Å². The van der Waals surface area contributed by atoms with Crippen molar-refractivity contribution in [2.45, 2.75) is 13.0 Å². The van der Waals surface area contributed by atoms with E-state index < -0.39 is 0 Å². The Labute approximate surface area is 79.4 Å². The maximum atomic E-state index is 3.49. The molecule has 70 valence electrons. The van der Waals surface area contributed by atoms with Crippen molar-refractivity contribution in [1.29, 1.82) is 0 Å². The van der Waals surface area contributed by atoms with Gasteiger partial charge in [0, 0.05) is 25.7 Å². The molecule has 1 aliphatic heterocycles. The molecule has 1 aromatic rings. The lowest BCUT2D eigenvalue weighted by Gasteiger charge is -2.24. The first-order chi connectivity index (χ1) is 6.36. The van der Waals surface area contributed by atoms with Crippen LogP contribution in [-0.2, 0) is 0 Å². The van der Waals surface area contributed by atoms with Crippen LogP contribution in [0.4, 0.5) is 0 Å². The van der Waals surface area contributed by atoms with Crippen LogP contribution in [-0.4, -0.2) is 19.6 Å². The topological polar surface area (TPSA) is 24.1 Å². The molecular weight excluding hydrogens is 160 g/mol. The van der Waals surface area contributed by atoms with Crippen LogP contribution in [0.1, 0.15) is 17.2 Å². The lowest BCUT2D eigenvalue weighted by Crippen LogP contribution is -2.42. The molecule has 1 saturated heterocycles. The molecule has 13 heavy (non-hydrogen) atoms. The van der Waals surface area contributed by atoms with E-state index in [0.717, 1.165) is 19.6 Å². The van der Waals surface area contributed by atoms with E-state index in [-0.39, 0.29) is 0 Å². The summed E-state index contributed by atoms with van der Waals surface area (Å²) in [4.78, 5) is 0. The van der Waals surface area contributed by atoms with Gasteiger partial charge >= 0.3 is 0 Å². The highest BCUT2D eigenvalue weighted by molar-refractivity contribution is 5.24. The van der Waals surface area contributed by atoms with Crippen LogP contribution >= 0.6 is 0 Å². The Morgan fingerprint density at radius 1 is 1.15 bits per heavy atom. The number of aryl methyl sites for hydroxylation is 1. The molecule has 1 fully saturated rings. The molecule has 2 N–H and O–H groups in total. The van der Waals surface area contributed by atoms with Crippen molar-refractivity contribution in [2.75, 3.05) is 19.6 Å². The van der Waals surface area contributed by atoms with Gasteiger partial charge in [0.05, 0.1) is 0 Å². The Morgan fingerprint density at radius 2 is 1.92 bits per heavy atom. The monoisotopic (exact) mass is 176 g/mol. The molecule has 0 saturated carbocycles. The summed E-state index contributed by atoms with van der Waals surface area (Å²) in [6, 6.07) is 9.26. The van der Waals surface area contributed by atoms with E-state index in [2.05, 4.69) is 41.8 Å². The molecule has 0 amide bonds. The molecule has 1 aliphatic rings. The van der Waals surface area contributed by atoms with Gasteiger partial charge in [-0.1, -0.05) is 29.8 Å². The summed E-state index contributed by atoms with van der Waals surface area (Å²) in [6.07, 6.45) is 0. The Morgan fingerprint density at radius 3 is 2.54 bits per heavy atom. The van der Waals surface area contributed by atoms with Crippen molar-refractivity contribution in [3.63, 3.8) is 0 Å². The van der Waals surface area contributed by atoms with E-state index in [1.807, 2.05) is 0 Å². The zero-order valence-corrected chi connectivity index (χ0v) is 8.01. The quantitative estimate of drug-likeness (QED) is 0.672. The molecule has 2 heteroatoms. The second-order valence-electron chi connectivity index (χ2n) is 3.62. The Hall–Kier alpha value is -0.860. The lowest BCUT2D eigenvalue weighted by molar-refractivity contribution is 0.430. The number of benzene rings is 1. The number of nitrogens with one attached hydrogen (secondary N) is 2. The fourth-order valence-electron chi connectivity index (χ4n) is 1.69.